The number of methoxy groups -OCH3 is 2. The lowest BCUT2D eigenvalue weighted by molar-refractivity contribution is -0.119. The molecule has 34 heavy (non-hydrogen) atoms. The van der Waals surface area contributed by atoms with Gasteiger partial charge in [0.15, 0.2) is 0 Å². The molecule has 0 unspecified atom stereocenters. The molecule has 8 nitrogen and oxygen atoms in total. The maximum absolute atomic E-state index is 13.4. The highest BCUT2D eigenvalue weighted by Gasteiger charge is 2.27. The van der Waals surface area contributed by atoms with Crippen LogP contribution in [0.15, 0.2) is 82.8 Å². The van der Waals surface area contributed by atoms with E-state index in [0.29, 0.717) is 22.9 Å². The van der Waals surface area contributed by atoms with Crippen molar-refractivity contribution in [1.29, 1.82) is 0 Å². The maximum Gasteiger partial charge on any atom is 0.264 e. The van der Waals surface area contributed by atoms with Gasteiger partial charge in [0, 0.05) is 0 Å². The molecule has 0 saturated heterocycles. The standard InChI is InChI=1S/C25H27N3O5S/c1-18-5-15-24(16-6-18)34(30,31)28(21-9-13-23(33-4)14-10-21)17-25(29)27-26-19(2)20-7-11-22(32-3)12-8-20/h5-16H,17H2,1-4H3,(H,27,29)/b26-19-. The van der Waals surface area contributed by atoms with Crippen LogP contribution >= 0.6 is 0 Å². The lowest BCUT2D eigenvalue weighted by Gasteiger charge is -2.24. The average molecular weight is 482 g/mol. The first-order valence-electron chi connectivity index (χ1n) is 10.5. The van der Waals surface area contributed by atoms with Crippen LogP contribution in [0.3, 0.4) is 0 Å². The number of benzene rings is 3. The Kier molecular flexibility index (Phi) is 7.91. The summed E-state index contributed by atoms with van der Waals surface area (Å²) >= 11 is 0. The third kappa shape index (κ3) is 5.93. The highest BCUT2D eigenvalue weighted by molar-refractivity contribution is 7.92. The molecule has 0 heterocycles. The lowest BCUT2D eigenvalue weighted by atomic mass is 10.1. The van der Waals surface area contributed by atoms with Gasteiger partial charge in [0.05, 0.1) is 30.5 Å². The summed E-state index contributed by atoms with van der Waals surface area (Å²) in [6.07, 6.45) is 0. The first-order valence-corrected chi connectivity index (χ1v) is 11.9. The van der Waals surface area contributed by atoms with Crippen LogP contribution in [0.1, 0.15) is 18.1 Å². The predicted octanol–water partition coefficient (Wildman–Crippen LogP) is 3.75. The minimum atomic E-state index is -4.01. The summed E-state index contributed by atoms with van der Waals surface area (Å²) in [6.45, 7) is 3.16. The van der Waals surface area contributed by atoms with Crippen LogP contribution in [-0.2, 0) is 14.8 Å². The van der Waals surface area contributed by atoms with E-state index in [1.54, 1.807) is 62.6 Å². The number of amides is 1. The van der Waals surface area contributed by atoms with Gasteiger partial charge in [-0.3, -0.25) is 9.10 Å². The molecule has 0 aliphatic rings. The fourth-order valence-electron chi connectivity index (χ4n) is 3.11. The molecular weight excluding hydrogens is 454 g/mol. The second-order valence-electron chi connectivity index (χ2n) is 7.48. The molecule has 0 saturated carbocycles. The van der Waals surface area contributed by atoms with E-state index in [4.69, 9.17) is 9.47 Å². The van der Waals surface area contributed by atoms with Crippen molar-refractivity contribution in [3.63, 3.8) is 0 Å². The number of carbonyl (C=O) groups is 1. The Morgan fingerprint density at radius 3 is 1.94 bits per heavy atom. The van der Waals surface area contributed by atoms with Gasteiger partial charge in [-0.05, 0) is 80.1 Å². The van der Waals surface area contributed by atoms with E-state index in [1.807, 2.05) is 19.1 Å². The largest absolute Gasteiger partial charge is 0.497 e. The molecular formula is C25H27N3O5S. The number of sulfonamides is 1. The topological polar surface area (TPSA) is 97.3 Å². The molecule has 0 atom stereocenters. The lowest BCUT2D eigenvalue weighted by Crippen LogP contribution is -2.39. The first kappa shape index (κ1) is 24.8. The number of ether oxygens (including phenoxy) is 2. The van der Waals surface area contributed by atoms with Gasteiger partial charge in [-0.25, -0.2) is 13.8 Å². The Morgan fingerprint density at radius 2 is 1.41 bits per heavy atom. The quantitative estimate of drug-likeness (QED) is 0.371. The molecule has 0 bridgehead atoms. The van der Waals surface area contributed by atoms with Crippen LogP contribution in [-0.4, -0.2) is 40.8 Å². The van der Waals surface area contributed by atoms with Crippen LogP contribution in [0.2, 0.25) is 0 Å². The molecule has 0 aliphatic heterocycles. The maximum atomic E-state index is 13.4. The Labute approximate surface area is 199 Å². The van der Waals surface area contributed by atoms with Crippen molar-refractivity contribution in [3.8, 4) is 11.5 Å². The van der Waals surface area contributed by atoms with Crippen molar-refractivity contribution in [2.24, 2.45) is 5.10 Å². The Hall–Kier alpha value is -3.85. The molecule has 0 fully saturated rings. The Bertz CT molecular complexity index is 1250. The summed E-state index contributed by atoms with van der Waals surface area (Å²) in [5.41, 5.74) is 5.06. The average Bonchev–Trinajstić information content (AvgIpc) is 2.86. The Morgan fingerprint density at radius 1 is 0.882 bits per heavy atom. The summed E-state index contributed by atoms with van der Waals surface area (Å²) in [5.74, 6) is 0.692. The molecule has 1 N–H and O–H groups in total. The number of nitrogens with one attached hydrogen (secondary N) is 1. The summed E-state index contributed by atoms with van der Waals surface area (Å²) in [5, 5.41) is 4.13. The fraction of sp³-hybridized carbons (Fsp3) is 0.200. The summed E-state index contributed by atoms with van der Waals surface area (Å²) in [6, 6.07) is 20.1. The fourth-order valence-corrected chi connectivity index (χ4v) is 4.53. The molecule has 9 heteroatoms. The van der Waals surface area contributed by atoms with E-state index < -0.39 is 22.5 Å². The Balaban J connectivity index is 1.85. The van der Waals surface area contributed by atoms with E-state index in [-0.39, 0.29) is 4.90 Å². The zero-order chi connectivity index (χ0) is 24.7. The molecule has 0 aliphatic carbocycles. The number of rotatable bonds is 9. The minimum absolute atomic E-state index is 0.0830. The van der Waals surface area contributed by atoms with E-state index in [9.17, 15) is 13.2 Å². The van der Waals surface area contributed by atoms with Gasteiger partial charge in [0.25, 0.3) is 15.9 Å². The molecule has 0 spiro atoms. The van der Waals surface area contributed by atoms with Crippen molar-refractivity contribution < 1.29 is 22.7 Å². The minimum Gasteiger partial charge on any atom is -0.497 e. The third-order valence-corrected chi connectivity index (χ3v) is 6.90. The van der Waals surface area contributed by atoms with Gasteiger partial charge >= 0.3 is 0 Å². The van der Waals surface area contributed by atoms with Gasteiger partial charge in [-0.15, -0.1) is 0 Å². The van der Waals surface area contributed by atoms with E-state index >= 15 is 0 Å². The van der Waals surface area contributed by atoms with Crippen LogP contribution in [0.25, 0.3) is 0 Å². The highest BCUT2D eigenvalue weighted by atomic mass is 32.2. The predicted molar refractivity (Wildman–Crippen MR) is 132 cm³/mol. The third-order valence-electron chi connectivity index (χ3n) is 5.11. The second-order valence-corrected chi connectivity index (χ2v) is 9.35. The number of nitrogens with zero attached hydrogens (tertiary/aromatic N) is 2. The molecule has 3 rings (SSSR count). The summed E-state index contributed by atoms with van der Waals surface area (Å²) < 4.78 is 38.2. The molecule has 1 amide bonds. The number of anilines is 1. The van der Waals surface area contributed by atoms with Crippen molar-refractivity contribution in [1.82, 2.24) is 5.43 Å². The monoisotopic (exact) mass is 481 g/mol. The summed E-state index contributed by atoms with van der Waals surface area (Å²) in [7, 11) is -0.916. The van der Waals surface area contributed by atoms with E-state index in [2.05, 4.69) is 10.5 Å². The van der Waals surface area contributed by atoms with Gasteiger partial charge in [-0.1, -0.05) is 17.7 Å². The van der Waals surface area contributed by atoms with Crippen molar-refractivity contribution in [3.05, 3.63) is 83.9 Å². The number of hydrogen-bond donors (Lipinski definition) is 1. The highest BCUT2D eigenvalue weighted by Crippen LogP contribution is 2.26. The molecule has 178 valence electrons. The normalized spacial score (nSPS) is 11.6. The van der Waals surface area contributed by atoms with Crippen LogP contribution in [0.5, 0.6) is 11.5 Å². The van der Waals surface area contributed by atoms with Crippen LogP contribution in [0, 0.1) is 6.92 Å². The van der Waals surface area contributed by atoms with Gasteiger partial charge in [-0.2, -0.15) is 5.10 Å². The summed E-state index contributed by atoms with van der Waals surface area (Å²) in [4.78, 5) is 12.8. The number of hydrazone groups is 1. The molecule has 0 radical (unpaired) electrons. The van der Waals surface area contributed by atoms with Crippen LogP contribution in [0.4, 0.5) is 5.69 Å². The zero-order valence-electron chi connectivity index (χ0n) is 19.5. The van der Waals surface area contributed by atoms with Crippen molar-refractivity contribution in [2.45, 2.75) is 18.7 Å². The second kappa shape index (κ2) is 10.8. The van der Waals surface area contributed by atoms with Gasteiger partial charge < -0.3 is 9.47 Å². The van der Waals surface area contributed by atoms with Crippen molar-refractivity contribution >= 4 is 27.3 Å². The number of carbonyl (C=O) groups excluding carboxylic acids is 1. The smallest absolute Gasteiger partial charge is 0.264 e. The first-order chi connectivity index (χ1) is 16.2. The zero-order valence-corrected chi connectivity index (χ0v) is 20.3. The SMILES string of the molecule is COc1ccc(/C(C)=N\NC(=O)CN(c2ccc(OC)cc2)S(=O)(=O)c2ccc(C)cc2)cc1. The van der Waals surface area contributed by atoms with Crippen LogP contribution < -0.4 is 19.2 Å². The van der Waals surface area contributed by atoms with E-state index in [0.717, 1.165) is 15.4 Å². The molecule has 3 aromatic carbocycles. The number of aryl methyl sites for hydroxylation is 1. The van der Waals surface area contributed by atoms with E-state index in [1.165, 1.54) is 19.2 Å². The molecule has 0 aromatic heterocycles. The van der Waals surface area contributed by atoms with Crippen molar-refractivity contribution in [2.75, 3.05) is 25.1 Å². The molecule has 3 aromatic rings. The number of hydrogen-bond acceptors (Lipinski definition) is 6. The van der Waals surface area contributed by atoms with Gasteiger partial charge in [0.1, 0.15) is 18.0 Å². The van der Waals surface area contributed by atoms with Gasteiger partial charge in [0.2, 0.25) is 0 Å².